The van der Waals surface area contributed by atoms with Crippen molar-refractivity contribution in [2.75, 3.05) is 20.2 Å². The lowest BCUT2D eigenvalue weighted by Crippen LogP contribution is -2.35. The van der Waals surface area contributed by atoms with Gasteiger partial charge >= 0.3 is 0 Å². The molecule has 16 heavy (non-hydrogen) atoms. The lowest BCUT2D eigenvalue weighted by Gasteiger charge is -2.22. The highest BCUT2D eigenvalue weighted by molar-refractivity contribution is 5.28. The molecule has 90 valence electrons. The first-order valence-corrected chi connectivity index (χ1v) is 5.61. The lowest BCUT2D eigenvalue weighted by atomic mass is 9.94. The molecule has 0 aliphatic rings. The van der Waals surface area contributed by atoms with Gasteiger partial charge in [-0.1, -0.05) is 26.0 Å². The van der Waals surface area contributed by atoms with E-state index in [0.717, 1.165) is 18.8 Å². The van der Waals surface area contributed by atoms with Crippen molar-refractivity contribution in [1.29, 1.82) is 0 Å². The van der Waals surface area contributed by atoms with Gasteiger partial charge in [0.05, 0.1) is 7.11 Å². The van der Waals surface area contributed by atoms with Crippen LogP contribution in [0.5, 0.6) is 5.75 Å². The minimum Gasteiger partial charge on any atom is -0.497 e. The number of hydrogen-bond donors (Lipinski definition) is 2. The van der Waals surface area contributed by atoms with E-state index in [4.69, 9.17) is 10.5 Å². The van der Waals surface area contributed by atoms with Crippen LogP contribution >= 0.6 is 0 Å². The maximum atomic E-state index is 5.67. The van der Waals surface area contributed by atoms with Crippen LogP contribution in [0.3, 0.4) is 0 Å². The zero-order valence-electron chi connectivity index (χ0n) is 10.4. The van der Waals surface area contributed by atoms with Gasteiger partial charge in [-0.05, 0) is 29.7 Å². The van der Waals surface area contributed by atoms with Crippen molar-refractivity contribution >= 4 is 0 Å². The molecule has 0 aliphatic heterocycles. The fraction of sp³-hybridized carbons (Fsp3) is 0.538. The van der Waals surface area contributed by atoms with Crippen LogP contribution in [0.15, 0.2) is 24.3 Å². The maximum Gasteiger partial charge on any atom is 0.119 e. The lowest BCUT2D eigenvalue weighted by molar-refractivity contribution is 0.351. The Kier molecular flexibility index (Phi) is 4.77. The second-order valence-corrected chi connectivity index (χ2v) is 4.82. The second-order valence-electron chi connectivity index (χ2n) is 4.82. The Morgan fingerprint density at radius 3 is 2.75 bits per heavy atom. The third kappa shape index (κ3) is 4.21. The number of hydrogen-bond acceptors (Lipinski definition) is 3. The van der Waals surface area contributed by atoms with Gasteiger partial charge in [0.2, 0.25) is 0 Å². The van der Waals surface area contributed by atoms with Crippen molar-refractivity contribution in [1.82, 2.24) is 5.32 Å². The van der Waals surface area contributed by atoms with Gasteiger partial charge in [0.15, 0.2) is 0 Å². The van der Waals surface area contributed by atoms with Gasteiger partial charge in [0, 0.05) is 13.1 Å². The molecule has 0 aliphatic carbocycles. The zero-order valence-corrected chi connectivity index (χ0v) is 10.4. The Hall–Kier alpha value is -1.06. The highest BCUT2D eigenvalue weighted by Gasteiger charge is 2.14. The molecule has 1 aromatic carbocycles. The SMILES string of the molecule is COc1cccc(CNCC(C)(C)CN)c1. The summed E-state index contributed by atoms with van der Waals surface area (Å²) in [4.78, 5) is 0. The highest BCUT2D eigenvalue weighted by Crippen LogP contribution is 2.13. The molecule has 0 amide bonds. The fourth-order valence-electron chi connectivity index (χ4n) is 1.40. The molecule has 0 saturated heterocycles. The first kappa shape index (κ1) is 13.0. The topological polar surface area (TPSA) is 47.3 Å². The second kappa shape index (κ2) is 5.87. The number of methoxy groups -OCH3 is 1. The summed E-state index contributed by atoms with van der Waals surface area (Å²) >= 11 is 0. The van der Waals surface area contributed by atoms with Gasteiger partial charge in [0.1, 0.15) is 5.75 Å². The van der Waals surface area contributed by atoms with Crippen LogP contribution in [0.25, 0.3) is 0 Å². The monoisotopic (exact) mass is 222 g/mol. The predicted molar refractivity (Wildman–Crippen MR) is 67.5 cm³/mol. The van der Waals surface area contributed by atoms with Gasteiger partial charge in [-0.25, -0.2) is 0 Å². The molecule has 3 N–H and O–H groups in total. The fourth-order valence-corrected chi connectivity index (χ4v) is 1.40. The number of nitrogens with two attached hydrogens (primary N) is 1. The Balaban J connectivity index is 2.42. The molecular weight excluding hydrogens is 200 g/mol. The van der Waals surface area contributed by atoms with Crippen LogP contribution in [0.2, 0.25) is 0 Å². The summed E-state index contributed by atoms with van der Waals surface area (Å²) in [5.74, 6) is 0.900. The van der Waals surface area contributed by atoms with Crippen molar-refractivity contribution in [2.24, 2.45) is 11.1 Å². The molecule has 3 nitrogen and oxygen atoms in total. The zero-order chi connectivity index (χ0) is 12.0. The van der Waals surface area contributed by atoms with Crippen molar-refractivity contribution in [3.63, 3.8) is 0 Å². The molecule has 0 aromatic heterocycles. The van der Waals surface area contributed by atoms with E-state index in [1.54, 1.807) is 7.11 Å². The normalized spacial score (nSPS) is 11.5. The molecule has 0 heterocycles. The summed E-state index contributed by atoms with van der Waals surface area (Å²) < 4.78 is 5.18. The summed E-state index contributed by atoms with van der Waals surface area (Å²) in [6.07, 6.45) is 0. The van der Waals surface area contributed by atoms with Gasteiger partial charge in [-0.3, -0.25) is 0 Å². The van der Waals surface area contributed by atoms with Gasteiger partial charge in [-0.15, -0.1) is 0 Å². The molecular formula is C13H22N2O. The Morgan fingerprint density at radius 1 is 1.38 bits per heavy atom. The Bertz CT molecular complexity index is 323. The molecule has 1 rings (SSSR count). The van der Waals surface area contributed by atoms with Crippen molar-refractivity contribution < 1.29 is 4.74 Å². The summed E-state index contributed by atoms with van der Waals surface area (Å²) in [5, 5.41) is 3.41. The van der Waals surface area contributed by atoms with E-state index in [1.165, 1.54) is 5.56 Å². The molecule has 0 bridgehead atoms. The average Bonchev–Trinajstić information content (AvgIpc) is 2.29. The van der Waals surface area contributed by atoms with Crippen LogP contribution in [-0.4, -0.2) is 20.2 Å². The largest absolute Gasteiger partial charge is 0.497 e. The van der Waals surface area contributed by atoms with Crippen LogP contribution in [0.1, 0.15) is 19.4 Å². The average molecular weight is 222 g/mol. The molecule has 1 aromatic rings. The van der Waals surface area contributed by atoms with E-state index in [9.17, 15) is 0 Å². The van der Waals surface area contributed by atoms with Crippen molar-refractivity contribution in [3.8, 4) is 5.75 Å². The number of rotatable bonds is 6. The summed E-state index contributed by atoms with van der Waals surface area (Å²) in [6.45, 7) is 6.77. The molecule has 3 heteroatoms. The van der Waals surface area contributed by atoms with Crippen molar-refractivity contribution in [3.05, 3.63) is 29.8 Å². The van der Waals surface area contributed by atoms with E-state index in [2.05, 4.69) is 25.2 Å². The summed E-state index contributed by atoms with van der Waals surface area (Å²) in [6, 6.07) is 8.09. The third-order valence-electron chi connectivity index (χ3n) is 2.62. The number of benzene rings is 1. The Morgan fingerprint density at radius 2 is 2.12 bits per heavy atom. The quantitative estimate of drug-likeness (QED) is 0.771. The van der Waals surface area contributed by atoms with Crippen LogP contribution in [-0.2, 0) is 6.54 Å². The molecule has 0 saturated carbocycles. The maximum absolute atomic E-state index is 5.67. The molecule has 0 fully saturated rings. The van der Waals surface area contributed by atoms with E-state index >= 15 is 0 Å². The number of nitrogens with one attached hydrogen (secondary N) is 1. The smallest absolute Gasteiger partial charge is 0.119 e. The first-order valence-electron chi connectivity index (χ1n) is 5.61. The molecule has 0 spiro atoms. The number of ether oxygens (including phenoxy) is 1. The minimum absolute atomic E-state index is 0.152. The standard InChI is InChI=1S/C13H22N2O/c1-13(2,9-14)10-15-8-11-5-4-6-12(7-11)16-3/h4-7,15H,8-10,14H2,1-3H3. The van der Waals surface area contributed by atoms with Gasteiger partial charge < -0.3 is 15.8 Å². The molecule has 0 atom stereocenters. The van der Waals surface area contributed by atoms with Gasteiger partial charge in [-0.2, -0.15) is 0 Å². The Labute approximate surface area is 98.0 Å². The molecule has 0 radical (unpaired) electrons. The van der Waals surface area contributed by atoms with E-state index in [0.29, 0.717) is 6.54 Å². The minimum atomic E-state index is 0.152. The highest BCUT2D eigenvalue weighted by atomic mass is 16.5. The predicted octanol–water partition coefficient (Wildman–Crippen LogP) is 1.77. The van der Waals surface area contributed by atoms with Crippen LogP contribution < -0.4 is 15.8 Å². The van der Waals surface area contributed by atoms with E-state index in [-0.39, 0.29) is 5.41 Å². The van der Waals surface area contributed by atoms with Crippen LogP contribution in [0.4, 0.5) is 0 Å². The summed E-state index contributed by atoms with van der Waals surface area (Å²) in [5.41, 5.74) is 7.05. The molecule has 0 unspecified atom stereocenters. The van der Waals surface area contributed by atoms with Crippen molar-refractivity contribution in [2.45, 2.75) is 20.4 Å². The summed E-state index contributed by atoms with van der Waals surface area (Å²) in [7, 11) is 1.68. The van der Waals surface area contributed by atoms with Crippen LogP contribution in [0, 0.1) is 5.41 Å². The van der Waals surface area contributed by atoms with Gasteiger partial charge in [0.25, 0.3) is 0 Å². The van der Waals surface area contributed by atoms with E-state index < -0.39 is 0 Å². The third-order valence-corrected chi connectivity index (χ3v) is 2.62. The van der Waals surface area contributed by atoms with E-state index in [1.807, 2.05) is 18.2 Å². The first-order chi connectivity index (χ1) is 7.57.